The zero-order chi connectivity index (χ0) is 15.2. The number of thiophene rings is 1. The van der Waals surface area contributed by atoms with Crippen molar-refractivity contribution in [3.8, 4) is 0 Å². The van der Waals surface area contributed by atoms with E-state index in [0.29, 0.717) is 6.54 Å². The van der Waals surface area contributed by atoms with Gasteiger partial charge in [-0.15, -0.1) is 11.3 Å². The molecule has 2 aromatic rings. The molecule has 0 aliphatic heterocycles. The SMILES string of the molecule is Cc1ccc(C(=O)CCC(=O)NC(C)Cn2ccnc2)s1. The Morgan fingerprint density at radius 3 is 2.81 bits per heavy atom. The molecule has 5 nitrogen and oxygen atoms in total. The summed E-state index contributed by atoms with van der Waals surface area (Å²) >= 11 is 1.47. The summed E-state index contributed by atoms with van der Waals surface area (Å²) in [5, 5.41) is 2.89. The van der Waals surface area contributed by atoms with Crippen LogP contribution in [0.4, 0.5) is 0 Å². The minimum atomic E-state index is -0.0933. The Hall–Kier alpha value is -1.95. The van der Waals surface area contributed by atoms with Gasteiger partial charge < -0.3 is 9.88 Å². The highest BCUT2D eigenvalue weighted by Gasteiger charge is 2.12. The third-order valence-electron chi connectivity index (χ3n) is 3.05. The van der Waals surface area contributed by atoms with E-state index in [4.69, 9.17) is 0 Å². The molecule has 112 valence electrons. The average Bonchev–Trinajstić information content (AvgIpc) is 3.07. The maximum Gasteiger partial charge on any atom is 0.220 e. The van der Waals surface area contributed by atoms with E-state index in [-0.39, 0.29) is 30.6 Å². The van der Waals surface area contributed by atoms with Gasteiger partial charge >= 0.3 is 0 Å². The van der Waals surface area contributed by atoms with E-state index in [1.54, 1.807) is 12.5 Å². The predicted molar refractivity (Wildman–Crippen MR) is 82.5 cm³/mol. The number of hydrogen-bond acceptors (Lipinski definition) is 4. The quantitative estimate of drug-likeness (QED) is 0.799. The van der Waals surface area contributed by atoms with Gasteiger partial charge in [-0.3, -0.25) is 9.59 Å². The van der Waals surface area contributed by atoms with Crippen LogP contribution in [0.1, 0.15) is 34.3 Å². The number of nitrogens with one attached hydrogen (secondary N) is 1. The molecule has 1 amide bonds. The second-order valence-electron chi connectivity index (χ2n) is 5.06. The van der Waals surface area contributed by atoms with Gasteiger partial charge in [0.25, 0.3) is 0 Å². The second kappa shape index (κ2) is 7.17. The Morgan fingerprint density at radius 2 is 2.19 bits per heavy atom. The smallest absolute Gasteiger partial charge is 0.220 e. The van der Waals surface area contributed by atoms with Gasteiger partial charge in [0.2, 0.25) is 5.91 Å². The molecular formula is C15H19N3O2S. The zero-order valence-corrected chi connectivity index (χ0v) is 13.0. The third-order valence-corrected chi connectivity index (χ3v) is 4.09. The largest absolute Gasteiger partial charge is 0.352 e. The van der Waals surface area contributed by atoms with Gasteiger partial charge in [0, 0.05) is 42.7 Å². The molecule has 0 saturated heterocycles. The first-order valence-electron chi connectivity index (χ1n) is 6.89. The highest BCUT2D eigenvalue weighted by atomic mass is 32.1. The first-order valence-corrected chi connectivity index (χ1v) is 7.71. The van der Waals surface area contributed by atoms with Gasteiger partial charge in [0.15, 0.2) is 5.78 Å². The summed E-state index contributed by atoms with van der Waals surface area (Å²) in [5.41, 5.74) is 0. The molecule has 0 spiro atoms. The maximum atomic E-state index is 11.9. The summed E-state index contributed by atoms with van der Waals surface area (Å²) < 4.78 is 1.91. The Morgan fingerprint density at radius 1 is 1.38 bits per heavy atom. The number of aromatic nitrogens is 2. The van der Waals surface area contributed by atoms with Crippen LogP contribution in [0.25, 0.3) is 0 Å². The zero-order valence-electron chi connectivity index (χ0n) is 12.2. The Bertz CT molecular complexity index is 604. The van der Waals surface area contributed by atoms with Gasteiger partial charge in [-0.25, -0.2) is 4.98 Å². The number of ketones is 1. The molecule has 0 saturated carbocycles. The van der Waals surface area contributed by atoms with Crippen LogP contribution in [0, 0.1) is 6.92 Å². The fourth-order valence-corrected chi connectivity index (χ4v) is 2.87. The lowest BCUT2D eigenvalue weighted by molar-refractivity contribution is -0.121. The lowest BCUT2D eigenvalue weighted by Crippen LogP contribution is -2.35. The molecule has 1 atom stereocenters. The number of amides is 1. The van der Waals surface area contributed by atoms with E-state index in [1.165, 1.54) is 11.3 Å². The number of Topliss-reactive ketones (excluding diaryl/α,β-unsaturated/α-hetero) is 1. The highest BCUT2D eigenvalue weighted by Crippen LogP contribution is 2.17. The van der Waals surface area contributed by atoms with Crippen molar-refractivity contribution in [3.05, 3.63) is 40.6 Å². The van der Waals surface area contributed by atoms with Crippen molar-refractivity contribution >= 4 is 23.0 Å². The molecule has 0 fully saturated rings. The predicted octanol–water partition coefficient (Wildman–Crippen LogP) is 2.42. The lowest BCUT2D eigenvalue weighted by Gasteiger charge is -2.14. The first-order chi connectivity index (χ1) is 10.0. The summed E-state index contributed by atoms with van der Waals surface area (Å²) in [6, 6.07) is 3.75. The number of nitrogens with zero attached hydrogens (tertiary/aromatic N) is 2. The van der Waals surface area contributed by atoms with Gasteiger partial charge in [-0.1, -0.05) is 0 Å². The van der Waals surface area contributed by atoms with Crippen LogP contribution in [0.5, 0.6) is 0 Å². The molecule has 2 heterocycles. The highest BCUT2D eigenvalue weighted by molar-refractivity contribution is 7.14. The lowest BCUT2D eigenvalue weighted by atomic mass is 10.2. The van der Waals surface area contributed by atoms with Crippen molar-refractivity contribution in [1.82, 2.24) is 14.9 Å². The molecule has 6 heteroatoms. The minimum absolute atomic E-state index is 0.00536. The first kappa shape index (κ1) is 15.4. The van der Waals surface area contributed by atoms with E-state index in [0.717, 1.165) is 9.75 Å². The molecule has 2 rings (SSSR count). The van der Waals surface area contributed by atoms with Crippen molar-refractivity contribution in [2.45, 2.75) is 39.3 Å². The molecule has 0 aromatic carbocycles. The molecule has 21 heavy (non-hydrogen) atoms. The van der Waals surface area contributed by atoms with Crippen molar-refractivity contribution < 1.29 is 9.59 Å². The van der Waals surface area contributed by atoms with Crippen LogP contribution in [-0.2, 0) is 11.3 Å². The maximum absolute atomic E-state index is 11.9. The van der Waals surface area contributed by atoms with Crippen LogP contribution in [0.3, 0.4) is 0 Å². The van der Waals surface area contributed by atoms with Gasteiger partial charge in [0.05, 0.1) is 11.2 Å². The van der Waals surface area contributed by atoms with E-state index < -0.39 is 0 Å². The van der Waals surface area contributed by atoms with E-state index in [9.17, 15) is 9.59 Å². The van der Waals surface area contributed by atoms with Crippen LogP contribution >= 0.6 is 11.3 Å². The van der Waals surface area contributed by atoms with Crippen LogP contribution in [0.15, 0.2) is 30.9 Å². The molecule has 2 aromatic heterocycles. The third kappa shape index (κ3) is 4.82. The molecule has 1 N–H and O–H groups in total. The van der Waals surface area contributed by atoms with Crippen molar-refractivity contribution in [2.75, 3.05) is 0 Å². The minimum Gasteiger partial charge on any atom is -0.352 e. The number of imidazole rings is 1. The number of aryl methyl sites for hydroxylation is 1. The normalized spacial score (nSPS) is 12.1. The second-order valence-corrected chi connectivity index (χ2v) is 6.35. The summed E-state index contributed by atoms with van der Waals surface area (Å²) in [6.07, 6.45) is 5.75. The standard InChI is InChI=1S/C15H19N3O2S/c1-11(9-18-8-7-16-10-18)17-15(20)6-4-13(19)14-5-3-12(2)21-14/h3,5,7-8,10-11H,4,6,9H2,1-2H3,(H,17,20). The fourth-order valence-electron chi connectivity index (χ4n) is 2.04. The van der Waals surface area contributed by atoms with Gasteiger partial charge in [0.1, 0.15) is 0 Å². The van der Waals surface area contributed by atoms with Crippen LogP contribution in [0.2, 0.25) is 0 Å². The monoisotopic (exact) mass is 305 g/mol. The van der Waals surface area contributed by atoms with Crippen molar-refractivity contribution in [3.63, 3.8) is 0 Å². The number of carbonyl (C=O) groups excluding carboxylic acids is 2. The van der Waals surface area contributed by atoms with Crippen LogP contribution < -0.4 is 5.32 Å². The van der Waals surface area contributed by atoms with Crippen LogP contribution in [-0.4, -0.2) is 27.3 Å². The summed E-state index contributed by atoms with van der Waals surface area (Å²) in [6.45, 7) is 4.57. The molecule has 0 bridgehead atoms. The van der Waals surface area contributed by atoms with Gasteiger partial charge in [-0.05, 0) is 26.0 Å². The number of hydrogen-bond donors (Lipinski definition) is 1. The molecule has 0 aliphatic rings. The molecule has 0 aliphatic carbocycles. The van der Waals surface area contributed by atoms with Crippen molar-refractivity contribution in [1.29, 1.82) is 0 Å². The van der Waals surface area contributed by atoms with Gasteiger partial charge in [-0.2, -0.15) is 0 Å². The van der Waals surface area contributed by atoms with E-state index in [2.05, 4.69) is 10.3 Å². The summed E-state index contributed by atoms with van der Waals surface area (Å²) in [7, 11) is 0. The fraction of sp³-hybridized carbons (Fsp3) is 0.400. The average molecular weight is 305 g/mol. The summed E-state index contributed by atoms with van der Waals surface area (Å²) in [4.78, 5) is 29.6. The number of rotatable bonds is 7. The molecule has 0 radical (unpaired) electrons. The van der Waals surface area contributed by atoms with E-state index in [1.807, 2.05) is 36.7 Å². The Labute approximate surface area is 128 Å². The number of carbonyl (C=O) groups is 2. The van der Waals surface area contributed by atoms with E-state index >= 15 is 0 Å². The Balaban J connectivity index is 1.73. The molecule has 1 unspecified atom stereocenters. The molecular weight excluding hydrogens is 286 g/mol. The topological polar surface area (TPSA) is 64.0 Å². The summed E-state index contributed by atoms with van der Waals surface area (Å²) in [5.74, 6) is -0.0604. The van der Waals surface area contributed by atoms with Crippen molar-refractivity contribution in [2.24, 2.45) is 0 Å². The Kier molecular flexibility index (Phi) is 5.27.